The summed E-state index contributed by atoms with van der Waals surface area (Å²) >= 11 is 0. The van der Waals surface area contributed by atoms with Crippen LogP contribution in [0.5, 0.6) is 5.75 Å². The molecule has 0 radical (unpaired) electrons. The van der Waals surface area contributed by atoms with Crippen LogP contribution in [0.15, 0.2) is 42.5 Å². The van der Waals surface area contributed by atoms with Crippen molar-refractivity contribution in [2.45, 2.75) is 6.54 Å². The molecule has 0 aromatic heterocycles. The summed E-state index contributed by atoms with van der Waals surface area (Å²) in [5.74, 6) is 0.00949. The van der Waals surface area contributed by atoms with Crippen LogP contribution in [-0.4, -0.2) is 12.5 Å². The number of nitrogen functional groups attached to an aromatic ring is 1. The average molecular weight is 272 g/mol. The number of benzene rings is 2. The SMILES string of the molecule is Nc1ccc2c(c1)OCC(=O)N2Cc1ccccc1F. The highest BCUT2D eigenvalue weighted by Crippen LogP contribution is 2.34. The summed E-state index contributed by atoms with van der Waals surface area (Å²) in [4.78, 5) is 13.5. The fourth-order valence-corrected chi connectivity index (χ4v) is 2.19. The number of hydrogen-bond acceptors (Lipinski definition) is 3. The smallest absolute Gasteiger partial charge is 0.265 e. The molecule has 5 heteroatoms. The van der Waals surface area contributed by atoms with Gasteiger partial charge in [-0.25, -0.2) is 4.39 Å². The Morgan fingerprint density at radius 1 is 1.25 bits per heavy atom. The number of amides is 1. The first kappa shape index (κ1) is 12.5. The third-order valence-electron chi connectivity index (χ3n) is 3.21. The van der Waals surface area contributed by atoms with Gasteiger partial charge in [0.1, 0.15) is 11.6 Å². The van der Waals surface area contributed by atoms with E-state index in [1.54, 1.807) is 36.4 Å². The first-order valence-corrected chi connectivity index (χ1v) is 6.21. The average Bonchev–Trinajstić information content (AvgIpc) is 2.44. The maximum Gasteiger partial charge on any atom is 0.265 e. The van der Waals surface area contributed by atoms with Crippen LogP contribution in [0.1, 0.15) is 5.56 Å². The van der Waals surface area contributed by atoms with Crippen LogP contribution in [0.2, 0.25) is 0 Å². The zero-order valence-electron chi connectivity index (χ0n) is 10.7. The number of fused-ring (bicyclic) bond motifs is 1. The molecule has 0 unspecified atom stereocenters. The first-order chi connectivity index (χ1) is 9.65. The second kappa shape index (κ2) is 4.85. The normalized spacial score (nSPS) is 13.8. The zero-order chi connectivity index (χ0) is 14.1. The topological polar surface area (TPSA) is 55.6 Å². The standard InChI is InChI=1S/C15H13FN2O2/c16-12-4-2-1-3-10(12)8-18-13-6-5-11(17)7-14(13)20-9-15(18)19/h1-7H,8-9,17H2. The highest BCUT2D eigenvalue weighted by molar-refractivity contribution is 5.98. The lowest BCUT2D eigenvalue weighted by Crippen LogP contribution is -2.38. The lowest BCUT2D eigenvalue weighted by Gasteiger charge is -2.29. The molecule has 20 heavy (non-hydrogen) atoms. The fourth-order valence-electron chi connectivity index (χ4n) is 2.19. The molecule has 102 valence electrons. The molecular weight excluding hydrogens is 259 g/mol. The van der Waals surface area contributed by atoms with E-state index >= 15 is 0 Å². The maximum absolute atomic E-state index is 13.7. The molecule has 0 aliphatic carbocycles. The van der Waals surface area contributed by atoms with E-state index in [9.17, 15) is 9.18 Å². The Balaban J connectivity index is 1.97. The predicted molar refractivity (Wildman–Crippen MR) is 73.9 cm³/mol. The quantitative estimate of drug-likeness (QED) is 0.854. The van der Waals surface area contributed by atoms with Crippen molar-refractivity contribution in [3.05, 3.63) is 53.8 Å². The molecule has 2 aromatic rings. The van der Waals surface area contributed by atoms with Crippen molar-refractivity contribution in [1.29, 1.82) is 0 Å². The fraction of sp³-hybridized carbons (Fsp3) is 0.133. The van der Waals surface area contributed by atoms with Gasteiger partial charge in [0.2, 0.25) is 0 Å². The molecule has 0 atom stereocenters. The molecule has 0 saturated carbocycles. The lowest BCUT2D eigenvalue weighted by molar-refractivity contribution is -0.121. The van der Waals surface area contributed by atoms with Gasteiger partial charge in [0.05, 0.1) is 12.2 Å². The van der Waals surface area contributed by atoms with Gasteiger partial charge in [-0.15, -0.1) is 0 Å². The highest BCUT2D eigenvalue weighted by atomic mass is 19.1. The summed E-state index contributed by atoms with van der Waals surface area (Å²) in [6.45, 7) is 0.108. The van der Waals surface area contributed by atoms with Crippen molar-refractivity contribution < 1.29 is 13.9 Å². The van der Waals surface area contributed by atoms with E-state index < -0.39 is 0 Å². The van der Waals surface area contributed by atoms with Gasteiger partial charge in [0, 0.05) is 17.3 Å². The largest absolute Gasteiger partial charge is 0.481 e. The Hall–Kier alpha value is -2.56. The molecule has 1 amide bonds. The molecule has 0 spiro atoms. The molecule has 0 bridgehead atoms. The summed E-state index contributed by atoms with van der Waals surface area (Å²) in [5.41, 5.74) is 7.33. The molecule has 0 saturated heterocycles. The van der Waals surface area contributed by atoms with Crippen molar-refractivity contribution in [2.24, 2.45) is 0 Å². The van der Waals surface area contributed by atoms with Gasteiger partial charge in [0.15, 0.2) is 6.61 Å². The molecule has 4 nitrogen and oxygen atoms in total. The second-order valence-corrected chi connectivity index (χ2v) is 4.59. The second-order valence-electron chi connectivity index (χ2n) is 4.59. The van der Waals surface area contributed by atoms with Crippen LogP contribution in [0.25, 0.3) is 0 Å². The van der Waals surface area contributed by atoms with Gasteiger partial charge >= 0.3 is 0 Å². The van der Waals surface area contributed by atoms with Crippen LogP contribution in [0.3, 0.4) is 0 Å². The van der Waals surface area contributed by atoms with Gasteiger partial charge in [-0.1, -0.05) is 18.2 Å². The van der Waals surface area contributed by atoms with E-state index in [2.05, 4.69) is 0 Å². The molecule has 3 rings (SSSR count). The number of anilines is 2. The first-order valence-electron chi connectivity index (χ1n) is 6.21. The van der Waals surface area contributed by atoms with Crippen LogP contribution in [-0.2, 0) is 11.3 Å². The van der Waals surface area contributed by atoms with Crippen molar-refractivity contribution >= 4 is 17.3 Å². The van der Waals surface area contributed by atoms with Crippen LogP contribution in [0.4, 0.5) is 15.8 Å². The summed E-state index contributed by atoms with van der Waals surface area (Å²) < 4.78 is 19.1. The summed E-state index contributed by atoms with van der Waals surface area (Å²) in [6.07, 6.45) is 0. The number of ether oxygens (including phenoxy) is 1. The van der Waals surface area contributed by atoms with Crippen molar-refractivity contribution in [3.8, 4) is 5.75 Å². The van der Waals surface area contributed by atoms with Gasteiger partial charge in [-0.05, 0) is 18.2 Å². The predicted octanol–water partition coefficient (Wildman–Crippen LogP) is 2.33. The van der Waals surface area contributed by atoms with E-state index in [1.807, 2.05) is 0 Å². The van der Waals surface area contributed by atoms with Crippen molar-refractivity contribution in [2.75, 3.05) is 17.2 Å². The Labute approximate surface area is 115 Å². The number of nitrogens with zero attached hydrogens (tertiary/aromatic N) is 1. The number of carbonyl (C=O) groups is 1. The monoisotopic (exact) mass is 272 g/mol. The lowest BCUT2D eigenvalue weighted by atomic mass is 10.1. The number of carbonyl (C=O) groups excluding carboxylic acids is 1. The van der Waals surface area contributed by atoms with Crippen molar-refractivity contribution in [3.63, 3.8) is 0 Å². The van der Waals surface area contributed by atoms with Gasteiger partial charge < -0.3 is 15.4 Å². The minimum atomic E-state index is -0.330. The molecule has 0 fully saturated rings. The Morgan fingerprint density at radius 3 is 2.85 bits per heavy atom. The van der Waals surface area contributed by atoms with E-state index in [0.717, 1.165) is 0 Å². The van der Waals surface area contributed by atoms with Gasteiger partial charge in [-0.2, -0.15) is 0 Å². The number of halogens is 1. The highest BCUT2D eigenvalue weighted by Gasteiger charge is 2.26. The van der Waals surface area contributed by atoms with Crippen LogP contribution < -0.4 is 15.4 Å². The third kappa shape index (κ3) is 2.18. The van der Waals surface area contributed by atoms with E-state index in [-0.39, 0.29) is 24.9 Å². The van der Waals surface area contributed by atoms with Crippen LogP contribution in [0, 0.1) is 5.82 Å². The zero-order valence-corrected chi connectivity index (χ0v) is 10.7. The number of nitrogens with two attached hydrogens (primary N) is 1. The van der Waals surface area contributed by atoms with E-state index in [1.165, 1.54) is 11.0 Å². The molecular formula is C15H13FN2O2. The minimum Gasteiger partial charge on any atom is -0.481 e. The number of hydrogen-bond donors (Lipinski definition) is 1. The van der Waals surface area contributed by atoms with E-state index in [4.69, 9.17) is 10.5 Å². The Bertz CT molecular complexity index is 673. The van der Waals surface area contributed by atoms with E-state index in [0.29, 0.717) is 22.7 Å². The summed E-state index contributed by atoms with van der Waals surface area (Å²) in [7, 11) is 0. The van der Waals surface area contributed by atoms with Gasteiger partial charge in [-0.3, -0.25) is 4.79 Å². The Kier molecular flexibility index (Phi) is 3.02. The Morgan fingerprint density at radius 2 is 2.05 bits per heavy atom. The maximum atomic E-state index is 13.7. The molecule has 1 aliphatic rings. The summed E-state index contributed by atoms with van der Waals surface area (Å²) in [5, 5.41) is 0. The van der Waals surface area contributed by atoms with Gasteiger partial charge in [0.25, 0.3) is 5.91 Å². The molecule has 2 aromatic carbocycles. The minimum absolute atomic E-state index is 0.0646. The third-order valence-corrected chi connectivity index (χ3v) is 3.21. The molecule has 1 heterocycles. The number of rotatable bonds is 2. The summed E-state index contributed by atoms with van der Waals surface area (Å²) in [6, 6.07) is 11.5. The molecule has 2 N–H and O–H groups in total. The molecule has 1 aliphatic heterocycles. The van der Waals surface area contributed by atoms with Crippen LogP contribution >= 0.6 is 0 Å². The van der Waals surface area contributed by atoms with Crippen molar-refractivity contribution in [1.82, 2.24) is 0 Å².